The van der Waals surface area contributed by atoms with Crippen molar-refractivity contribution in [1.29, 1.82) is 0 Å². The molecular formula is C17H17NO3. The fraction of sp³-hybridized carbons (Fsp3) is 0.235. The molecule has 4 nitrogen and oxygen atoms in total. The van der Waals surface area contributed by atoms with Crippen LogP contribution in [0, 0.1) is 0 Å². The minimum Gasteiger partial charge on any atom is -0.455 e. The maximum absolute atomic E-state index is 11.6. The maximum atomic E-state index is 11.6. The van der Waals surface area contributed by atoms with E-state index < -0.39 is 6.29 Å². The van der Waals surface area contributed by atoms with E-state index in [4.69, 9.17) is 9.47 Å². The highest BCUT2D eigenvalue weighted by atomic mass is 16.7. The van der Waals surface area contributed by atoms with E-state index in [-0.39, 0.29) is 5.91 Å². The van der Waals surface area contributed by atoms with Crippen molar-refractivity contribution >= 4 is 11.6 Å². The molecule has 1 aliphatic heterocycles. The summed E-state index contributed by atoms with van der Waals surface area (Å²) < 4.78 is 11.5. The van der Waals surface area contributed by atoms with Crippen LogP contribution in [0.15, 0.2) is 48.5 Å². The van der Waals surface area contributed by atoms with Crippen LogP contribution >= 0.6 is 0 Å². The van der Waals surface area contributed by atoms with Crippen molar-refractivity contribution in [2.45, 2.75) is 26.1 Å². The third kappa shape index (κ3) is 3.16. The van der Waals surface area contributed by atoms with Gasteiger partial charge in [0.2, 0.25) is 12.2 Å². The summed E-state index contributed by atoms with van der Waals surface area (Å²) in [5, 5.41) is 2.88. The Labute approximate surface area is 123 Å². The first-order valence-electron chi connectivity index (χ1n) is 7.02. The van der Waals surface area contributed by atoms with Crippen LogP contribution < -0.4 is 14.8 Å². The Bertz CT molecular complexity index is 640. The molecule has 1 aliphatic rings. The topological polar surface area (TPSA) is 47.6 Å². The summed E-state index contributed by atoms with van der Waals surface area (Å²) in [7, 11) is 0. The molecule has 0 spiro atoms. The summed E-state index contributed by atoms with van der Waals surface area (Å²) >= 11 is 0. The molecule has 3 rings (SSSR count). The molecule has 0 saturated heterocycles. The van der Waals surface area contributed by atoms with Crippen LogP contribution in [0.2, 0.25) is 0 Å². The molecule has 1 atom stereocenters. The number of para-hydroxylation sites is 2. The largest absolute Gasteiger partial charge is 0.455 e. The molecule has 108 valence electrons. The van der Waals surface area contributed by atoms with E-state index in [9.17, 15) is 4.79 Å². The van der Waals surface area contributed by atoms with Gasteiger partial charge in [0.15, 0.2) is 0 Å². The van der Waals surface area contributed by atoms with E-state index in [1.807, 2.05) is 55.5 Å². The molecule has 1 heterocycles. The number of aryl methyl sites for hydroxylation is 1. The summed E-state index contributed by atoms with van der Waals surface area (Å²) in [4.78, 5) is 11.6. The van der Waals surface area contributed by atoms with E-state index in [0.717, 1.165) is 23.4 Å². The second-order valence-corrected chi connectivity index (χ2v) is 4.95. The Kier molecular flexibility index (Phi) is 3.77. The van der Waals surface area contributed by atoms with Crippen molar-refractivity contribution in [3.63, 3.8) is 0 Å². The Morgan fingerprint density at radius 2 is 1.81 bits per heavy atom. The molecule has 1 N–H and O–H groups in total. The molecule has 0 radical (unpaired) electrons. The average Bonchev–Trinajstić information content (AvgIpc) is 2.49. The van der Waals surface area contributed by atoms with Crippen molar-refractivity contribution in [2.75, 3.05) is 5.32 Å². The maximum Gasteiger partial charge on any atom is 0.238 e. The molecule has 1 unspecified atom stereocenters. The summed E-state index contributed by atoms with van der Waals surface area (Å²) in [6, 6.07) is 15.3. The number of anilines is 1. The lowest BCUT2D eigenvalue weighted by Crippen LogP contribution is -2.23. The number of nitrogens with one attached hydrogen (secondary N) is 1. The first-order valence-corrected chi connectivity index (χ1v) is 7.02. The predicted octanol–water partition coefficient (Wildman–Crippen LogP) is 3.38. The molecule has 0 bridgehead atoms. The Balaban J connectivity index is 1.74. The van der Waals surface area contributed by atoms with Crippen molar-refractivity contribution in [2.24, 2.45) is 0 Å². The van der Waals surface area contributed by atoms with Crippen molar-refractivity contribution in [3.05, 3.63) is 54.1 Å². The van der Waals surface area contributed by atoms with Crippen LogP contribution in [0.3, 0.4) is 0 Å². The van der Waals surface area contributed by atoms with Crippen molar-refractivity contribution in [3.8, 4) is 11.5 Å². The van der Waals surface area contributed by atoms with Gasteiger partial charge in [-0.1, -0.05) is 30.3 Å². The van der Waals surface area contributed by atoms with E-state index in [1.165, 1.54) is 0 Å². The highest BCUT2D eigenvalue weighted by Gasteiger charge is 2.19. The molecule has 0 aromatic heterocycles. The number of hydrogen-bond donors (Lipinski definition) is 1. The van der Waals surface area contributed by atoms with Gasteiger partial charge in [-0.2, -0.15) is 0 Å². The third-order valence-corrected chi connectivity index (χ3v) is 3.34. The lowest BCUT2D eigenvalue weighted by Gasteiger charge is -2.23. The number of rotatable bonds is 4. The molecule has 0 fully saturated rings. The third-order valence-electron chi connectivity index (χ3n) is 3.34. The monoisotopic (exact) mass is 283 g/mol. The Morgan fingerprint density at radius 3 is 2.62 bits per heavy atom. The molecule has 2 aromatic carbocycles. The Morgan fingerprint density at radius 1 is 1.00 bits per heavy atom. The van der Waals surface area contributed by atoms with Gasteiger partial charge in [0.25, 0.3) is 0 Å². The van der Waals surface area contributed by atoms with Gasteiger partial charge in [-0.05, 0) is 30.2 Å². The van der Waals surface area contributed by atoms with Gasteiger partial charge in [0.05, 0.1) is 5.69 Å². The number of benzene rings is 2. The molecule has 2 aromatic rings. The lowest BCUT2D eigenvalue weighted by molar-refractivity contribution is -0.116. The fourth-order valence-corrected chi connectivity index (χ4v) is 2.37. The molecule has 0 aliphatic carbocycles. The van der Waals surface area contributed by atoms with Crippen LogP contribution in [0.25, 0.3) is 0 Å². The minimum absolute atomic E-state index is 0.0233. The predicted molar refractivity (Wildman–Crippen MR) is 80.6 cm³/mol. The van der Waals surface area contributed by atoms with E-state index in [2.05, 4.69) is 5.32 Å². The highest BCUT2D eigenvalue weighted by molar-refractivity contribution is 5.95. The van der Waals surface area contributed by atoms with Crippen LogP contribution in [-0.2, 0) is 11.2 Å². The molecule has 21 heavy (non-hydrogen) atoms. The van der Waals surface area contributed by atoms with Crippen LogP contribution in [0.4, 0.5) is 5.69 Å². The fourth-order valence-electron chi connectivity index (χ4n) is 2.37. The highest BCUT2D eigenvalue weighted by Crippen LogP contribution is 2.33. The van der Waals surface area contributed by atoms with Gasteiger partial charge in [-0.3, -0.25) is 4.79 Å². The SMILES string of the molecule is CC(Oc1ccccc1)Oc1cccc2c1NC(=O)CC2. The zero-order valence-electron chi connectivity index (χ0n) is 11.8. The van der Waals surface area contributed by atoms with Gasteiger partial charge in [0.1, 0.15) is 11.5 Å². The van der Waals surface area contributed by atoms with Gasteiger partial charge in [-0.25, -0.2) is 0 Å². The number of amides is 1. The van der Waals surface area contributed by atoms with Crippen LogP contribution in [0.5, 0.6) is 11.5 Å². The Hall–Kier alpha value is -2.49. The molecule has 1 amide bonds. The summed E-state index contributed by atoms with van der Waals surface area (Å²) in [5.41, 5.74) is 1.86. The molecule has 4 heteroatoms. The van der Waals surface area contributed by atoms with Crippen molar-refractivity contribution < 1.29 is 14.3 Å². The standard InChI is InChI=1S/C17H17NO3/c1-12(20-14-7-3-2-4-8-14)21-15-9-5-6-13-10-11-16(19)18-17(13)15/h2-9,12H,10-11H2,1H3,(H,18,19). The van der Waals surface area contributed by atoms with E-state index in [1.54, 1.807) is 0 Å². The minimum atomic E-state index is -0.447. The zero-order chi connectivity index (χ0) is 14.7. The average molecular weight is 283 g/mol. The quantitative estimate of drug-likeness (QED) is 0.875. The summed E-state index contributed by atoms with van der Waals surface area (Å²) in [5.74, 6) is 1.41. The number of fused-ring (bicyclic) bond motifs is 1. The first-order chi connectivity index (χ1) is 10.2. The first kappa shape index (κ1) is 13.5. The summed E-state index contributed by atoms with van der Waals surface area (Å²) in [6.07, 6.45) is 0.816. The van der Waals surface area contributed by atoms with E-state index >= 15 is 0 Å². The van der Waals surface area contributed by atoms with Crippen LogP contribution in [0.1, 0.15) is 18.9 Å². The smallest absolute Gasteiger partial charge is 0.238 e. The molecule has 0 saturated carbocycles. The van der Waals surface area contributed by atoms with Crippen molar-refractivity contribution in [1.82, 2.24) is 0 Å². The number of carbonyl (C=O) groups is 1. The zero-order valence-corrected chi connectivity index (χ0v) is 11.8. The van der Waals surface area contributed by atoms with Gasteiger partial charge >= 0.3 is 0 Å². The molecular weight excluding hydrogens is 266 g/mol. The number of ether oxygens (including phenoxy) is 2. The normalized spacial score (nSPS) is 14.8. The van der Waals surface area contributed by atoms with Crippen LogP contribution in [-0.4, -0.2) is 12.2 Å². The second-order valence-electron chi connectivity index (χ2n) is 4.95. The summed E-state index contributed by atoms with van der Waals surface area (Å²) in [6.45, 7) is 1.83. The lowest BCUT2D eigenvalue weighted by atomic mass is 10.0. The van der Waals surface area contributed by atoms with Gasteiger partial charge in [0, 0.05) is 13.3 Å². The second kappa shape index (κ2) is 5.87. The van der Waals surface area contributed by atoms with Gasteiger partial charge in [-0.15, -0.1) is 0 Å². The number of carbonyl (C=O) groups excluding carboxylic acids is 1. The number of hydrogen-bond acceptors (Lipinski definition) is 3. The van der Waals surface area contributed by atoms with E-state index in [0.29, 0.717) is 12.2 Å². The van der Waals surface area contributed by atoms with Gasteiger partial charge < -0.3 is 14.8 Å².